The molecular weight excluding hydrogens is 414 g/mol. The third-order valence-electron chi connectivity index (χ3n) is 5.90. The summed E-state index contributed by atoms with van der Waals surface area (Å²) >= 11 is 1.80. The van der Waals surface area contributed by atoms with Gasteiger partial charge >= 0.3 is 0 Å². The van der Waals surface area contributed by atoms with Crippen LogP contribution in [0.25, 0.3) is 0 Å². The normalized spacial score (nSPS) is 21.4. The second-order valence-corrected chi connectivity index (χ2v) is 8.94. The Bertz CT molecular complexity index is 827. The van der Waals surface area contributed by atoms with Gasteiger partial charge < -0.3 is 24.7 Å². The molecule has 2 aliphatic rings. The predicted molar refractivity (Wildman–Crippen MR) is 121 cm³/mol. The Hall–Kier alpha value is -2.01. The topological polar surface area (TPSA) is 88.8 Å². The Morgan fingerprint density at radius 1 is 1.29 bits per heavy atom. The number of nitrogens with zero attached hydrogens (tertiary/aromatic N) is 5. The Morgan fingerprint density at radius 2 is 2.16 bits per heavy atom. The lowest BCUT2D eigenvalue weighted by molar-refractivity contribution is 0.0177. The van der Waals surface area contributed by atoms with Gasteiger partial charge in [-0.25, -0.2) is 4.99 Å². The van der Waals surface area contributed by atoms with Crippen molar-refractivity contribution in [2.45, 2.75) is 38.5 Å². The summed E-state index contributed by atoms with van der Waals surface area (Å²) in [4.78, 5) is 8.65. The van der Waals surface area contributed by atoms with Gasteiger partial charge in [-0.2, -0.15) is 0 Å². The highest BCUT2D eigenvalue weighted by molar-refractivity contribution is 7.10. The van der Waals surface area contributed by atoms with Crippen molar-refractivity contribution in [3.8, 4) is 0 Å². The number of hydrogen-bond donors (Lipinski definition) is 2. The second-order valence-electron chi connectivity index (χ2n) is 7.96. The summed E-state index contributed by atoms with van der Waals surface area (Å²) in [5.41, 5.74) is 0. The van der Waals surface area contributed by atoms with Crippen LogP contribution in [-0.4, -0.2) is 77.7 Å². The molecule has 2 aromatic heterocycles. The van der Waals surface area contributed by atoms with Gasteiger partial charge in [-0.1, -0.05) is 6.07 Å². The minimum atomic E-state index is 0.247. The maximum absolute atomic E-state index is 5.78. The smallest absolute Gasteiger partial charge is 0.191 e. The number of nitrogens with one attached hydrogen (secondary N) is 2. The van der Waals surface area contributed by atoms with Crippen LogP contribution in [0.2, 0.25) is 0 Å². The van der Waals surface area contributed by atoms with E-state index < -0.39 is 0 Å². The molecule has 2 N–H and O–H groups in total. The molecule has 0 aromatic carbocycles. The predicted octanol–water partition coefficient (Wildman–Crippen LogP) is 1.47. The number of ether oxygens (including phenoxy) is 2. The molecule has 2 aliphatic heterocycles. The molecule has 0 radical (unpaired) electrons. The van der Waals surface area contributed by atoms with Crippen LogP contribution in [0.5, 0.6) is 0 Å². The van der Waals surface area contributed by atoms with E-state index >= 15 is 0 Å². The maximum Gasteiger partial charge on any atom is 0.191 e. The summed E-state index contributed by atoms with van der Waals surface area (Å²) in [6.07, 6.45) is 2.47. The van der Waals surface area contributed by atoms with Gasteiger partial charge in [0, 0.05) is 44.7 Å². The molecule has 0 spiro atoms. The van der Waals surface area contributed by atoms with Gasteiger partial charge in [-0.05, 0) is 31.2 Å². The summed E-state index contributed by atoms with van der Waals surface area (Å²) < 4.78 is 13.3. The van der Waals surface area contributed by atoms with Gasteiger partial charge in [-0.15, -0.1) is 21.5 Å². The van der Waals surface area contributed by atoms with Crippen molar-refractivity contribution in [2.24, 2.45) is 12.0 Å². The van der Waals surface area contributed by atoms with Gasteiger partial charge in [0.15, 0.2) is 11.8 Å². The molecule has 2 unspecified atom stereocenters. The lowest BCUT2D eigenvalue weighted by Crippen LogP contribution is -2.47. The molecular formula is C21H33N7O2S. The summed E-state index contributed by atoms with van der Waals surface area (Å²) in [5.74, 6) is 2.52. The van der Waals surface area contributed by atoms with Crippen molar-refractivity contribution >= 4 is 17.3 Å². The fourth-order valence-corrected chi connectivity index (χ4v) is 4.76. The minimum absolute atomic E-state index is 0.247. The van der Waals surface area contributed by atoms with Crippen LogP contribution in [0.3, 0.4) is 0 Å². The third-order valence-corrected chi connectivity index (χ3v) is 6.88. The molecule has 0 bridgehead atoms. The van der Waals surface area contributed by atoms with Gasteiger partial charge in [0.05, 0.1) is 25.4 Å². The summed E-state index contributed by atoms with van der Waals surface area (Å²) in [6, 6.07) is 4.62. The average molecular weight is 448 g/mol. The molecule has 2 atom stereocenters. The highest BCUT2D eigenvalue weighted by Crippen LogP contribution is 2.25. The average Bonchev–Trinajstić information content (AvgIpc) is 3.56. The van der Waals surface area contributed by atoms with Crippen molar-refractivity contribution in [3.63, 3.8) is 0 Å². The molecule has 170 valence electrons. The SMILES string of the molecule is Cc1nnc(CN=C(NCC2CCCO2)NCC(c2cccs2)N2CCOCC2)n1C. The zero-order valence-electron chi connectivity index (χ0n) is 18.4. The van der Waals surface area contributed by atoms with Gasteiger partial charge in [0.1, 0.15) is 12.4 Å². The monoisotopic (exact) mass is 447 g/mol. The first-order valence-corrected chi connectivity index (χ1v) is 11.9. The lowest BCUT2D eigenvalue weighted by atomic mass is 10.2. The van der Waals surface area contributed by atoms with E-state index in [1.807, 2.05) is 18.5 Å². The summed E-state index contributed by atoms with van der Waals surface area (Å²) in [7, 11) is 1.97. The first-order valence-electron chi connectivity index (χ1n) is 11.0. The first-order chi connectivity index (χ1) is 15.2. The van der Waals surface area contributed by atoms with Crippen LogP contribution in [0.4, 0.5) is 0 Å². The van der Waals surface area contributed by atoms with Crippen LogP contribution in [0.1, 0.15) is 35.4 Å². The van der Waals surface area contributed by atoms with Crippen LogP contribution in [0, 0.1) is 6.92 Å². The fraction of sp³-hybridized carbons (Fsp3) is 0.667. The Labute approximate surface area is 187 Å². The largest absolute Gasteiger partial charge is 0.379 e. The zero-order chi connectivity index (χ0) is 21.5. The number of thiophene rings is 1. The van der Waals surface area contributed by atoms with Crippen molar-refractivity contribution in [1.82, 2.24) is 30.3 Å². The van der Waals surface area contributed by atoms with Crippen LogP contribution >= 0.6 is 11.3 Å². The van der Waals surface area contributed by atoms with Gasteiger partial charge in [0.25, 0.3) is 0 Å². The summed E-state index contributed by atoms with van der Waals surface area (Å²) in [6.45, 7) is 8.25. The van der Waals surface area contributed by atoms with E-state index in [2.05, 4.69) is 43.2 Å². The molecule has 2 fully saturated rings. The maximum atomic E-state index is 5.78. The molecule has 0 amide bonds. The number of aliphatic imine (C=N–C) groups is 1. The molecule has 0 saturated carbocycles. The first kappa shape index (κ1) is 22.2. The van der Waals surface area contributed by atoms with E-state index in [4.69, 9.17) is 14.5 Å². The molecule has 10 heteroatoms. The highest BCUT2D eigenvalue weighted by atomic mass is 32.1. The third kappa shape index (κ3) is 6.03. The second kappa shape index (κ2) is 11.0. The van der Waals surface area contributed by atoms with Crippen LogP contribution < -0.4 is 10.6 Å². The summed E-state index contributed by atoms with van der Waals surface area (Å²) in [5, 5.41) is 17.6. The standard InChI is InChI=1S/C21H33N7O2S/c1-16-25-26-20(27(16)2)15-24-21(22-13-17-5-3-9-30-17)23-14-18(19-6-4-12-31-19)28-7-10-29-11-8-28/h4,6,12,17-18H,3,5,7-11,13-15H2,1-2H3,(H2,22,23,24). The fourth-order valence-electron chi connectivity index (χ4n) is 3.90. The zero-order valence-corrected chi connectivity index (χ0v) is 19.2. The van der Waals surface area contributed by atoms with E-state index in [1.54, 1.807) is 11.3 Å². The van der Waals surface area contributed by atoms with Gasteiger partial charge in [0.2, 0.25) is 0 Å². The number of rotatable bonds is 8. The molecule has 2 aromatic rings. The minimum Gasteiger partial charge on any atom is -0.379 e. The molecule has 31 heavy (non-hydrogen) atoms. The van der Waals surface area contributed by atoms with E-state index in [9.17, 15) is 0 Å². The molecule has 4 heterocycles. The van der Waals surface area contributed by atoms with E-state index in [1.165, 1.54) is 4.88 Å². The van der Waals surface area contributed by atoms with E-state index in [0.29, 0.717) is 6.54 Å². The van der Waals surface area contributed by atoms with Crippen molar-refractivity contribution in [3.05, 3.63) is 34.0 Å². The molecule has 0 aliphatic carbocycles. The van der Waals surface area contributed by atoms with Gasteiger partial charge in [-0.3, -0.25) is 4.90 Å². The number of aromatic nitrogens is 3. The van der Waals surface area contributed by atoms with E-state index in [-0.39, 0.29) is 12.1 Å². The molecule has 9 nitrogen and oxygen atoms in total. The van der Waals surface area contributed by atoms with E-state index in [0.717, 1.165) is 76.4 Å². The van der Waals surface area contributed by atoms with Crippen molar-refractivity contribution < 1.29 is 9.47 Å². The molecule has 2 saturated heterocycles. The number of guanidine groups is 1. The lowest BCUT2D eigenvalue weighted by Gasteiger charge is -2.34. The van der Waals surface area contributed by atoms with Crippen molar-refractivity contribution in [1.29, 1.82) is 0 Å². The van der Waals surface area contributed by atoms with Crippen LogP contribution in [0.15, 0.2) is 22.5 Å². The Balaban J connectivity index is 1.43. The Kier molecular flexibility index (Phi) is 7.90. The number of aryl methyl sites for hydroxylation is 1. The number of hydrogen-bond acceptors (Lipinski definition) is 7. The van der Waals surface area contributed by atoms with Crippen molar-refractivity contribution in [2.75, 3.05) is 46.0 Å². The Morgan fingerprint density at radius 3 is 2.84 bits per heavy atom. The van der Waals surface area contributed by atoms with Crippen LogP contribution in [-0.2, 0) is 23.1 Å². The molecule has 4 rings (SSSR count). The highest BCUT2D eigenvalue weighted by Gasteiger charge is 2.24. The quantitative estimate of drug-likeness (QED) is 0.468. The number of morpholine rings is 1.